The number of ether oxygens (including phenoxy) is 1. The first-order valence-electron chi connectivity index (χ1n) is 6.91. The van der Waals surface area contributed by atoms with E-state index >= 15 is 0 Å². The van der Waals surface area contributed by atoms with Gasteiger partial charge >= 0.3 is 5.97 Å². The fraction of sp³-hybridized carbons (Fsp3) is 0.571. The number of carbonyl (C=O) groups excluding carboxylic acids is 4. The van der Waals surface area contributed by atoms with Crippen molar-refractivity contribution in [1.82, 2.24) is 10.2 Å². The number of likely N-dealkylation sites (tertiary alicyclic amines) is 1. The number of nitrogens with zero attached hydrogens (tertiary/aromatic N) is 1. The summed E-state index contributed by atoms with van der Waals surface area (Å²) < 4.78 is 4.73. The Morgan fingerprint density at radius 1 is 1.24 bits per heavy atom. The van der Waals surface area contributed by atoms with Crippen LogP contribution in [0.3, 0.4) is 0 Å². The third kappa shape index (κ3) is 3.29. The van der Waals surface area contributed by atoms with Gasteiger partial charge in [0.25, 0.3) is 5.91 Å². The number of hydrogen-bond donors (Lipinski definition) is 1. The van der Waals surface area contributed by atoms with Gasteiger partial charge in [0.1, 0.15) is 0 Å². The predicted molar refractivity (Wildman–Crippen MR) is 71.7 cm³/mol. The van der Waals surface area contributed by atoms with Crippen LogP contribution in [-0.4, -0.2) is 48.8 Å². The van der Waals surface area contributed by atoms with Gasteiger partial charge in [-0.05, 0) is 12.8 Å². The highest BCUT2D eigenvalue weighted by Crippen LogP contribution is 2.34. The minimum Gasteiger partial charge on any atom is -0.456 e. The molecule has 3 amide bonds. The summed E-state index contributed by atoms with van der Waals surface area (Å²) in [6.07, 6.45) is 4.88. The van der Waals surface area contributed by atoms with Crippen molar-refractivity contribution in [3.63, 3.8) is 0 Å². The molecule has 21 heavy (non-hydrogen) atoms. The van der Waals surface area contributed by atoms with Gasteiger partial charge in [-0.25, -0.2) is 0 Å². The Kier molecular flexibility index (Phi) is 4.72. The van der Waals surface area contributed by atoms with E-state index < -0.39 is 11.9 Å². The third-order valence-corrected chi connectivity index (χ3v) is 3.78. The zero-order chi connectivity index (χ0) is 15.4. The van der Waals surface area contributed by atoms with E-state index in [2.05, 4.69) is 5.32 Å². The standard InChI is InChI=1S/C14H18N2O5/c1-15-11(17)8-21-12(18)6-7-16-13(19)9-4-2-3-5-10(9)14(16)20/h2-3,9-10H,4-8H2,1H3,(H,15,17)/t9-,10+. The zero-order valence-electron chi connectivity index (χ0n) is 11.8. The van der Waals surface area contributed by atoms with Crippen molar-refractivity contribution in [3.8, 4) is 0 Å². The van der Waals surface area contributed by atoms with E-state index in [1.165, 1.54) is 7.05 Å². The monoisotopic (exact) mass is 294 g/mol. The average Bonchev–Trinajstić information content (AvgIpc) is 2.75. The Labute approximate surface area is 122 Å². The molecule has 0 unspecified atom stereocenters. The number of likely N-dealkylation sites (N-methyl/N-ethyl adjacent to an activating group) is 1. The third-order valence-electron chi connectivity index (χ3n) is 3.78. The first-order valence-corrected chi connectivity index (χ1v) is 6.91. The van der Waals surface area contributed by atoms with Crippen LogP contribution in [0.1, 0.15) is 19.3 Å². The summed E-state index contributed by atoms with van der Waals surface area (Å²) in [7, 11) is 1.44. The Morgan fingerprint density at radius 2 is 1.81 bits per heavy atom. The minimum atomic E-state index is -0.604. The molecule has 2 rings (SSSR count). The van der Waals surface area contributed by atoms with Gasteiger partial charge in [0, 0.05) is 13.6 Å². The summed E-state index contributed by atoms with van der Waals surface area (Å²) in [4.78, 5) is 47.8. The van der Waals surface area contributed by atoms with Crippen molar-refractivity contribution in [2.45, 2.75) is 19.3 Å². The van der Waals surface area contributed by atoms with Gasteiger partial charge in [0.2, 0.25) is 11.8 Å². The maximum atomic E-state index is 12.1. The van der Waals surface area contributed by atoms with Gasteiger partial charge in [-0.2, -0.15) is 0 Å². The molecule has 1 saturated heterocycles. The molecule has 1 heterocycles. The number of allylic oxidation sites excluding steroid dienone is 2. The van der Waals surface area contributed by atoms with Crippen LogP contribution in [0.4, 0.5) is 0 Å². The van der Waals surface area contributed by atoms with E-state index in [0.717, 1.165) is 4.90 Å². The van der Waals surface area contributed by atoms with E-state index in [4.69, 9.17) is 4.74 Å². The number of fused-ring (bicyclic) bond motifs is 1. The van der Waals surface area contributed by atoms with Crippen LogP contribution in [0.5, 0.6) is 0 Å². The average molecular weight is 294 g/mol. The smallest absolute Gasteiger partial charge is 0.308 e. The second-order valence-corrected chi connectivity index (χ2v) is 5.07. The summed E-state index contributed by atoms with van der Waals surface area (Å²) in [6.45, 7) is -0.344. The van der Waals surface area contributed by atoms with E-state index in [9.17, 15) is 19.2 Å². The first-order chi connectivity index (χ1) is 10.0. The van der Waals surface area contributed by atoms with Crippen molar-refractivity contribution in [1.29, 1.82) is 0 Å². The number of hydrogen-bond acceptors (Lipinski definition) is 5. The summed E-state index contributed by atoms with van der Waals surface area (Å²) in [5.74, 6) is -2.02. The number of nitrogens with one attached hydrogen (secondary N) is 1. The Balaban J connectivity index is 1.83. The predicted octanol–water partition coefficient (Wildman–Crippen LogP) is -0.383. The van der Waals surface area contributed by atoms with Crippen molar-refractivity contribution >= 4 is 23.7 Å². The van der Waals surface area contributed by atoms with Crippen LogP contribution in [0.25, 0.3) is 0 Å². The molecular formula is C14H18N2O5. The molecule has 0 aromatic rings. The second-order valence-electron chi connectivity index (χ2n) is 5.07. The molecule has 7 heteroatoms. The summed E-state index contributed by atoms with van der Waals surface area (Å²) in [5.41, 5.74) is 0. The fourth-order valence-corrected chi connectivity index (χ4v) is 2.58. The molecule has 114 valence electrons. The molecule has 1 aliphatic carbocycles. The maximum absolute atomic E-state index is 12.1. The summed E-state index contributed by atoms with van der Waals surface area (Å²) in [6, 6.07) is 0. The first kappa shape index (κ1) is 15.2. The highest BCUT2D eigenvalue weighted by atomic mass is 16.5. The van der Waals surface area contributed by atoms with E-state index in [-0.39, 0.29) is 43.2 Å². The van der Waals surface area contributed by atoms with Gasteiger partial charge in [-0.3, -0.25) is 24.1 Å². The van der Waals surface area contributed by atoms with E-state index in [0.29, 0.717) is 12.8 Å². The Morgan fingerprint density at radius 3 is 2.33 bits per heavy atom. The Hall–Kier alpha value is -2.18. The second kappa shape index (κ2) is 6.51. The molecule has 0 aromatic heterocycles. The molecule has 0 saturated carbocycles. The number of esters is 1. The van der Waals surface area contributed by atoms with Crippen LogP contribution in [-0.2, 0) is 23.9 Å². The van der Waals surface area contributed by atoms with Crippen LogP contribution in [0.2, 0.25) is 0 Å². The normalized spacial score (nSPS) is 24.0. The lowest BCUT2D eigenvalue weighted by Gasteiger charge is -2.14. The number of imide groups is 1. The summed E-state index contributed by atoms with van der Waals surface area (Å²) in [5, 5.41) is 2.32. The number of rotatable bonds is 5. The minimum absolute atomic E-state index is 0.0112. The number of carbonyl (C=O) groups is 4. The van der Waals surface area contributed by atoms with Crippen LogP contribution in [0, 0.1) is 11.8 Å². The maximum Gasteiger partial charge on any atom is 0.308 e. The van der Waals surface area contributed by atoms with E-state index in [1.54, 1.807) is 0 Å². The van der Waals surface area contributed by atoms with Gasteiger partial charge in [-0.15, -0.1) is 0 Å². The van der Waals surface area contributed by atoms with Gasteiger partial charge in [0.15, 0.2) is 6.61 Å². The highest BCUT2D eigenvalue weighted by Gasteiger charge is 2.46. The number of amides is 3. The van der Waals surface area contributed by atoms with Gasteiger partial charge in [0.05, 0.1) is 18.3 Å². The van der Waals surface area contributed by atoms with Crippen molar-refractivity contribution in [2.24, 2.45) is 11.8 Å². The fourth-order valence-electron chi connectivity index (χ4n) is 2.58. The van der Waals surface area contributed by atoms with E-state index in [1.807, 2.05) is 12.2 Å². The largest absolute Gasteiger partial charge is 0.456 e. The molecule has 0 aromatic carbocycles. The Bertz CT molecular complexity index is 474. The molecule has 7 nitrogen and oxygen atoms in total. The lowest BCUT2D eigenvalue weighted by Crippen LogP contribution is -2.34. The van der Waals surface area contributed by atoms with Gasteiger partial charge in [-0.1, -0.05) is 12.2 Å². The lowest BCUT2D eigenvalue weighted by atomic mass is 9.85. The molecule has 2 aliphatic rings. The quantitative estimate of drug-likeness (QED) is 0.424. The molecular weight excluding hydrogens is 276 g/mol. The molecule has 1 N–H and O–H groups in total. The lowest BCUT2D eigenvalue weighted by molar-refractivity contribution is -0.149. The molecule has 0 bridgehead atoms. The van der Waals surface area contributed by atoms with Crippen molar-refractivity contribution in [2.75, 3.05) is 20.2 Å². The SMILES string of the molecule is CNC(=O)COC(=O)CCN1C(=O)[C@H]2CC=CC[C@H]2C1=O. The molecule has 0 radical (unpaired) electrons. The zero-order valence-corrected chi connectivity index (χ0v) is 11.8. The molecule has 1 aliphatic heterocycles. The molecule has 0 spiro atoms. The van der Waals surface area contributed by atoms with Gasteiger partial charge < -0.3 is 10.1 Å². The van der Waals surface area contributed by atoms with Crippen molar-refractivity contribution in [3.05, 3.63) is 12.2 Å². The molecule has 2 atom stereocenters. The van der Waals surface area contributed by atoms with Crippen LogP contribution >= 0.6 is 0 Å². The van der Waals surface area contributed by atoms with Crippen LogP contribution < -0.4 is 5.32 Å². The summed E-state index contributed by atoms with van der Waals surface area (Å²) >= 11 is 0. The topological polar surface area (TPSA) is 92.8 Å². The highest BCUT2D eigenvalue weighted by molar-refractivity contribution is 6.05. The molecule has 1 fully saturated rings. The van der Waals surface area contributed by atoms with Crippen molar-refractivity contribution < 1.29 is 23.9 Å². The van der Waals surface area contributed by atoms with Crippen LogP contribution in [0.15, 0.2) is 12.2 Å².